The fourth-order valence-electron chi connectivity index (χ4n) is 2.75. The van der Waals surface area contributed by atoms with E-state index in [4.69, 9.17) is 0 Å². The SMILES string of the molecule is O=C(N/N=C/c1c[nH]c2ccccc12)N/N=C/c1c[nH]c2ccccc12. The zero-order valence-electron chi connectivity index (χ0n) is 13.7. The van der Waals surface area contributed by atoms with Gasteiger partial charge in [-0.15, -0.1) is 0 Å². The summed E-state index contributed by atoms with van der Waals surface area (Å²) in [6.07, 6.45) is 6.84. The normalized spacial score (nSPS) is 11.7. The van der Waals surface area contributed by atoms with Crippen molar-refractivity contribution in [2.45, 2.75) is 0 Å². The van der Waals surface area contributed by atoms with Gasteiger partial charge < -0.3 is 9.97 Å². The molecule has 0 bridgehead atoms. The molecule has 4 N–H and O–H groups in total. The van der Waals surface area contributed by atoms with Crippen molar-refractivity contribution in [3.63, 3.8) is 0 Å². The first kappa shape index (κ1) is 15.6. The number of benzene rings is 2. The lowest BCUT2D eigenvalue weighted by atomic mass is 10.2. The van der Waals surface area contributed by atoms with Crippen molar-refractivity contribution in [1.82, 2.24) is 20.8 Å². The zero-order chi connectivity index (χ0) is 17.8. The van der Waals surface area contributed by atoms with Gasteiger partial charge in [0.05, 0.1) is 12.4 Å². The smallest absolute Gasteiger partial charge is 0.355 e. The highest BCUT2D eigenvalue weighted by Gasteiger charge is 2.01. The number of carbonyl (C=O) groups excluding carboxylic acids is 1. The van der Waals surface area contributed by atoms with Gasteiger partial charge in [-0.25, -0.2) is 15.6 Å². The van der Waals surface area contributed by atoms with Gasteiger partial charge in [0, 0.05) is 45.3 Å². The predicted molar refractivity (Wildman–Crippen MR) is 103 cm³/mol. The number of rotatable bonds is 4. The van der Waals surface area contributed by atoms with Gasteiger partial charge >= 0.3 is 6.03 Å². The predicted octanol–water partition coefficient (Wildman–Crippen LogP) is 3.32. The van der Waals surface area contributed by atoms with Crippen molar-refractivity contribution in [3.8, 4) is 0 Å². The summed E-state index contributed by atoms with van der Waals surface area (Å²) in [5.41, 5.74) is 8.59. The lowest BCUT2D eigenvalue weighted by molar-refractivity contribution is 0.242. The number of hydrogen-bond acceptors (Lipinski definition) is 3. The van der Waals surface area contributed by atoms with Crippen LogP contribution < -0.4 is 10.9 Å². The van der Waals surface area contributed by atoms with Gasteiger partial charge in [0.25, 0.3) is 0 Å². The van der Waals surface area contributed by atoms with Gasteiger partial charge in [-0.3, -0.25) is 0 Å². The van der Waals surface area contributed by atoms with Crippen LogP contribution in [0.25, 0.3) is 21.8 Å². The van der Waals surface area contributed by atoms with Crippen molar-refractivity contribution in [2.24, 2.45) is 10.2 Å². The summed E-state index contributed by atoms with van der Waals surface area (Å²) in [5, 5.41) is 9.96. The van der Waals surface area contributed by atoms with Gasteiger partial charge in [-0.1, -0.05) is 36.4 Å². The number of urea groups is 1. The fraction of sp³-hybridized carbons (Fsp3) is 0. The van der Waals surface area contributed by atoms with Crippen LogP contribution in [0.2, 0.25) is 0 Å². The first-order chi connectivity index (χ1) is 12.8. The van der Waals surface area contributed by atoms with E-state index in [2.05, 4.69) is 31.0 Å². The van der Waals surface area contributed by atoms with Crippen LogP contribution in [0.3, 0.4) is 0 Å². The molecular formula is C19H16N6O. The number of aromatic amines is 2. The molecular weight excluding hydrogens is 328 g/mol. The monoisotopic (exact) mass is 344 g/mol. The number of nitrogens with one attached hydrogen (secondary N) is 4. The van der Waals surface area contributed by atoms with Crippen LogP contribution >= 0.6 is 0 Å². The molecule has 4 aromatic rings. The van der Waals surface area contributed by atoms with E-state index in [0.717, 1.165) is 32.9 Å². The molecule has 0 radical (unpaired) electrons. The van der Waals surface area contributed by atoms with Crippen LogP contribution in [0, 0.1) is 0 Å². The molecule has 0 aliphatic carbocycles. The summed E-state index contributed by atoms with van der Waals surface area (Å²) >= 11 is 0. The van der Waals surface area contributed by atoms with Crippen molar-refractivity contribution < 1.29 is 4.79 Å². The number of hydrazone groups is 2. The highest BCUT2D eigenvalue weighted by Crippen LogP contribution is 2.16. The minimum atomic E-state index is -0.516. The van der Waals surface area contributed by atoms with E-state index in [1.165, 1.54) is 0 Å². The minimum absolute atomic E-state index is 0.516. The maximum absolute atomic E-state index is 11.8. The van der Waals surface area contributed by atoms with Crippen LogP contribution in [0.15, 0.2) is 71.1 Å². The Labute approximate surface area is 148 Å². The van der Waals surface area contributed by atoms with E-state index < -0.39 is 6.03 Å². The molecule has 26 heavy (non-hydrogen) atoms. The van der Waals surface area contributed by atoms with Crippen molar-refractivity contribution in [1.29, 1.82) is 0 Å². The lowest BCUT2D eigenvalue weighted by Crippen LogP contribution is -2.28. The van der Waals surface area contributed by atoms with Crippen LogP contribution in [0.5, 0.6) is 0 Å². The number of carbonyl (C=O) groups is 1. The number of para-hydroxylation sites is 2. The van der Waals surface area contributed by atoms with E-state index in [-0.39, 0.29) is 0 Å². The molecule has 0 aliphatic rings. The Morgan fingerprint density at radius 1 is 0.769 bits per heavy atom. The largest absolute Gasteiger partial charge is 0.361 e. The van der Waals surface area contributed by atoms with Gasteiger partial charge in [-0.2, -0.15) is 10.2 Å². The first-order valence-corrected chi connectivity index (χ1v) is 8.05. The molecule has 7 heteroatoms. The van der Waals surface area contributed by atoms with Gasteiger partial charge in [-0.05, 0) is 12.1 Å². The van der Waals surface area contributed by atoms with Crippen molar-refractivity contribution >= 4 is 40.3 Å². The maximum atomic E-state index is 11.8. The fourth-order valence-corrected chi connectivity index (χ4v) is 2.75. The van der Waals surface area contributed by atoms with Gasteiger partial charge in [0.2, 0.25) is 0 Å². The topological polar surface area (TPSA) is 97.4 Å². The second-order valence-corrected chi connectivity index (χ2v) is 5.65. The van der Waals surface area contributed by atoms with Crippen molar-refractivity contribution in [3.05, 3.63) is 72.1 Å². The number of nitrogens with zero attached hydrogens (tertiary/aromatic N) is 2. The Morgan fingerprint density at radius 2 is 1.23 bits per heavy atom. The average molecular weight is 344 g/mol. The zero-order valence-corrected chi connectivity index (χ0v) is 13.7. The van der Waals surface area contributed by atoms with E-state index >= 15 is 0 Å². The molecule has 0 aliphatic heterocycles. The molecule has 0 saturated heterocycles. The third-order valence-electron chi connectivity index (χ3n) is 3.98. The molecule has 2 heterocycles. The maximum Gasteiger partial charge on any atom is 0.355 e. The Balaban J connectivity index is 1.35. The second-order valence-electron chi connectivity index (χ2n) is 5.65. The van der Waals surface area contributed by atoms with Gasteiger partial charge in [0.1, 0.15) is 0 Å². The van der Waals surface area contributed by atoms with Gasteiger partial charge in [0.15, 0.2) is 0 Å². The average Bonchev–Trinajstić information content (AvgIpc) is 3.27. The number of amides is 2. The molecule has 0 atom stereocenters. The molecule has 0 fully saturated rings. The first-order valence-electron chi connectivity index (χ1n) is 8.05. The summed E-state index contributed by atoms with van der Waals surface area (Å²) < 4.78 is 0. The van der Waals surface area contributed by atoms with Crippen LogP contribution in [-0.4, -0.2) is 28.4 Å². The highest BCUT2D eigenvalue weighted by atomic mass is 16.2. The number of H-pyrrole nitrogens is 2. The summed E-state index contributed by atoms with van der Waals surface area (Å²) in [5.74, 6) is 0. The third-order valence-corrected chi connectivity index (χ3v) is 3.98. The molecule has 0 spiro atoms. The van der Waals surface area contributed by atoms with Crippen LogP contribution in [0.1, 0.15) is 11.1 Å². The molecule has 2 aromatic carbocycles. The quantitative estimate of drug-likeness (QED) is 0.331. The molecule has 0 saturated carbocycles. The summed E-state index contributed by atoms with van der Waals surface area (Å²) in [7, 11) is 0. The van der Waals surface area contributed by atoms with E-state index in [1.807, 2.05) is 60.9 Å². The molecule has 4 rings (SSSR count). The molecule has 0 unspecified atom stereocenters. The lowest BCUT2D eigenvalue weighted by Gasteiger charge is -1.97. The molecule has 128 valence electrons. The Bertz CT molecular complexity index is 1030. The standard InChI is InChI=1S/C19H16N6O/c26-19(24-22-11-13-9-20-17-7-3-1-5-15(13)17)25-23-12-14-10-21-18-8-4-2-6-16(14)18/h1-12,20-21H,(H2,24,25,26)/b22-11+,23-12+. The summed E-state index contributed by atoms with van der Waals surface area (Å²) in [6.45, 7) is 0. The van der Waals surface area contributed by atoms with Crippen LogP contribution in [0.4, 0.5) is 4.79 Å². The third kappa shape index (κ3) is 3.18. The Kier molecular flexibility index (Phi) is 4.17. The van der Waals surface area contributed by atoms with E-state index in [0.29, 0.717) is 0 Å². The number of aromatic nitrogens is 2. The summed E-state index contributed by atoms with van der Waals surface area (Å²) in [4.78, 5) is 18.1. The molecule has 2 aromatic heterocycles. The van der Waals surface area contributed by atoms with E-state index in [9.17, 15) is 4.79 Å². The summed E-state index contributed by atoms with van der Waals surface area (Å²) in [6, 6.07) is 15.2. The highest BCUT2D eigenvalue weighted by molar-refractivity contribution is 6.00. The van der Waals surface area contributed by atoms with Crippen molar-refractivity contribution in [2.75, 3.05) is 0 Å². The Morgan fingerprint density at radius 3 is 1.73 bits per heavy atom. The van der Waals surface area contributed by atoms with E-state index in [1.54, 1.807) is 12.4 Å². The van der Waals surface area contributed by atoms with Crippen LogP contribution in [-0.2, 0) is 0 Å². The Hall–Kier alpha value is -3.87. The minimum Gasteiger partial charge on any atom is -0.361 e. The second kappa shape index (κ2) is 6.94. The molecule has 7 nitrogen and oxygen atoms in total. The number of fused-ring (bicyclic) bond motifs is 2. The molecule has 2 amide bonds. The number of hydrogen-bond donors (Lipinski definition) is 4.